The molecule has 1 aliphatic carbocycles. The first-order valence-corrected chi connectivity index (χ1v) is 4.63. The van der Waals surface area contributed by atoms with Gasteiger partial charge in [0.05, 0.1) is 5.71 Å². The van der Waals surface area contributed by atoms with Crippen LogP contribution < -0.4 is 0 Å². The number of hydrogen-bond donors (Lipinski definition) is 1. The standard InChI is InChI=1S/C12H15N/c1-2-6-11-7-3-4-9-12(13)10-5-8-11/h3-5,7-10,13H,2,6H2,1H3/b7-3-,9-4?,10-5-,11-8-,13-12?. The molecule has 0 aromatic heterocycles. The highest BCUT2D eigenvalue weighted by Crippen LogP contribution is 2.07. The Morgan fingerprint density at radius 3 is 2.54 bits per heavy atom. The number of nitrogens with one attached hydrogen (secondary N) is 1. The first-order chi connectivity index (χ1) is 6.33. The molecule has 13 heavy (non-hydrogen) atoms. The topological polar surface area (TPSA) is 23.9 Å². The van der Waals surface area contributed by atoms with Crippen LogP contribution >= 0.6 is 0 Å². The summed E-state index contributed by atoms with van der Waals surface area (Å²) in [6, 6.07) is 0. The van der Waals surface area contributed by atoms with E-state index in [1.165, 1.54) is 5.57 Å². The molecule has 0 saturated heterocycles. The molecule has 0 spiro atoms. The van der Waals surface area contributed by atoms with E-state index in [1.54, 1.807) is 12.2 Å². The molecule has 0 atom stereocenters. The molecule has 0 bridgehead atoms. The fraction of sp³-hybridized carbons (Fsp3) is 0.250. The molecule has 0 aliphatic heterocycles. The third kappa shape index (κ3) is 3.70. The summed E-state index contributed by atoms with van der Waals surface area (Å²) < 4.78 is 0. The molecule has 0 radical (unpaired) electrons. The van der Waals surface area contributed by atoms with Gasteiger partial charge >= 0.3 is 0 Å². The zero-order valence-electron chi connectivity index (χ0n) is 7.96. The average Bonchev–Trinajstić information content (AvgIpc) is 2.20. The molecule has 0 heterocycles. The Kier molecular flexibility index (Phi) is 3.97. The van der Waals surface area contributed by atoms with Crippen LogP contribution in [-0.4, -0.2) is 5.71 Å². The van der Waals surface area contributed by atoms with Crippen LogP contribution in [-0.2, 0) is 0 Å². The molecular weight excluding hydrogens is 158 g/mol. The molecule has 1 nitrogen and oxygen atoms in total. The Labute approximate surface area is 79.7 Å². The summed E-state index contributed by atoms with van der Waals surface area (Å²) in [4.78, 5) is 0. The van der Waals surface area contributed by atoms with E-state index in [4.69, 9.17) is 5.41 Å². The van der Waals surface area contributed by atoms with E-state index in [2.05, 4.69) is 19.1 Å². The Hall–Kier alpha value is -1.37. The first-order valence-electron chi connectivity index (χ1n) is 4.63. The van der Waals surface area contributed by atoms with Crippen LogP contribution in [0.4, 0.5) is 0 Å². The normalized spacial score (nSPS) is 25.3. The van der Waals surface area contributed by atoms with Crippen molar-refractivity contribution >= 4 is 5.71 Å². The quantitative estimate of drug-likeness (QED) is 0.661. The Bertz CT molecular complexity index is 290. The minimum atomic E-state index is 0.540. The van der Waals surface area contributed by atoms with Gasteiger partial charge in [-0.3, -0.25) is 0 Å². The monoisotopic (exact) mass is 173 g/mol. The molecule has 68 valence electrons. The van der Waals surface area contributed by atoms with Crippen molar-refractivity contribution in [3.63, 3.8) is 0 Å². The van der Waals surface area contributed by atoms with E-state index in [1.807, 2.05) is 18.2 Å². The molecule has 1 N–H and O–H groups in total. The van der Waals surface area contributed by atoms with Gasteiger partial charge in [-0.15, -0.1) is 0 Å². The van der Waals surface area contributed by atoms with Crippen molar-refractivity contribution in [2.24, 2.45) is 0 Å². The minimum absolute atomic E-state index is 0.540. The van der Waals surface area contributed by atoms with Gasteiger partial charge in [0.1, 0.15) is 0 Å². The average molecular weight is 173 g/mol. The predicted molar refractivity (Wildman–Crippen MR) is 58.1 cm³/mol. The predicted octanol–water partition coefficient (Wildman–Crippen LogP) is 3.41. The number of hydrogen-bond acceptors (Lipinski definition) is 1. The van der Waals surface area contributed by atoms with Gasteiger partial charge in [0.25, 0.3) is 0 Å². The van der Waals surface area contributed by atoms with E-state index >= 15 is 0 Å². The molecule has 0 aromatic carbocycles. The van der Waals surface area contributed by atoms with Gasteiger partial charge in [-0.2, -0.15) is 0 Å². The van der Waals surface area contributed by atoms with Gasteiger partial charge in [0.15, 0.2) is 0 Å². The fourth-order valence-electron chi connectivity index (χ4n) is 1.18. The molecule has 0 fully saturated rings. The zero-order valence-corrected chi connectivity index (χ0v) is 7.96. The fourth-order valence-corrected chi connectivity index (χ4v) is 1.18. The Morgan fingerprint density at radius 2 is 1.77 bits per heavy atom. The summed E-state index contributed by atoms with van der Waals surface area (Å²) in [6.45, 7) is 2.17. The highest BCUT2D eigenvalue weighted by Gasteiger charge is 1.89. The maximum atomic E-state index is 7.45. The van der Waals surface area contributed by atoms with Crippen LogP contribution in [0.15, 0.2) is 48.1 Å². The van der Waals surface area contributed by atoms with Crippen LogP contribution in [0.5, 0.6) is 0 Å². The summed E-state index contributed by atoms with van der Waals surface area (Å²) >= 11 is 0. The SMILES string of the molecule is CCCC1=C/C=C\C(=N)C=C/C=C\1. The molecule has 0 amide bonds. The number of allylic oxidation sites excluding steroid dienone is 8. The van der Waals surface area contributed by atoms with E-state index in [0.29, 0.717) is 5.71 Å². The minimum Gasteiger partial charge on any atom is -0.301 e. The highest BCUT2D eigenvalue weighted by atomic mass is 14.4. The van der Waals surface area contributed by atoms with Crippen molar-refractivity contribution < 1.29 is 0 Å². The lowest BCUT2D eigenvalue weighted by molar-refractivity contribution is 0.926. The summed E-state index contributed by atoms with van der Waals surface area (Å²) in [5.41, 5.74) is 1.86. The third-order valence-corrected chi connectivity index (χ3v) is 1.82. The van der Waals surface area contributed by atoms with Crippen LogP contribution in [0, 0.1) is 5.41 Å². The van der Waals surface area contributed by atoms with Crippen LogP contribution in [0.2, 0.25) is 0 Å². The lowest BCUT2D eigenvalue weighted by atomic mass is 10.1. The lowest BCUT2D eigenvalue weighted by Gasteiger charge is -1.95. The van der Waals surface area contributed by atoms with Crippen LogP contribution in [0.3, 0.4) is 0 Å². The van der Waals surface area contributed by atoms with E-state index < -0.39 is 0 Å². The van der Waals surface area contributed by atoms with Crippen LogP contribution in [0.25, 0.3) is 0 Å². The second-order valence-electron chi connectivity index (χ2n) is 3.02. The van der Waals surface area contributed by atoms with Gasteiger partial charge in [-0.1, -0.05) is 43.7 Å². The summed E-state index contributed by atoms with van der Waals surface area (Å²) in [7, 11) is 0. The van der Waals surface area contributed by atoms with Crippen LogP contribution in [0.1, 0.15) is 19.8 Å². The number of rotatable bonds is 2. The molecule has 0 unspecified atom stereocenters. The summed E-state index contributed by atoms with van der Waals surface area (Å²) in [6.07, 6.45) is 15.9. The van der Waals surface area contributed by atoms with E-state index in [-0.39, 0.29) is 0 Å². The zero-order chi connectivity index (χ0) is 9.52. The lowest BCUT2D eigenvalue weighted by Crippen LogP contribution is -1.80. The molecule has 0 aromatic rings. The molecular formula is C12H15N. The smallest absolute Gasteiger partial charge is 0.0539 e. The molecule has 1 heteroatoms. The van der Waals surface area contributed by atoms with Crippen molar-refractivity contribution in [1.82, 2.24) is 0 Å². The summed E-state index contributed by atoms with van der Waals surface area (Å²) in [5, 5.41) is 7.45. The largest absolute Gasteiger partial charge is 0.301 e. The van der Waals surface area contributed by atoms with Gasteiger partial charge in [-0.05, 0) is 24.1 Å². The molecule has 1 aliphatic rings. The van der Waals surface area contributed by atoms with Gasteiger partial charge in [0, 0.05) is 0 Å². The molecule has 0 saturated carbocycles. The molecule has 1 rings (SSSR count). The Morgan fingerprint density at radius 1 is 1.08 bits per heavy atom. The first kappa shape index (κ1) is 9.72. The van der Waals surface area contributed by atoms with Crippen molar-refractivity contribution in [3.8, 4) is 0 Å². The van der Waals surface area contributed by atoms with E-state index in [0.717, 1.165) is 12.8 Å². The second kappa shape index (κ2) is 5.31. The summed E-state index contributed by atoms with van der Waals surface area (Å²) in [5.74, 6) is 0. The highest BCUT2D eigenvalue weighted by molar-refractivity contribution is 6.01. The third-order valence-electron chi connectivity index (χ3n) is 1.82. The van der Waals surface area contributed by atoms with Crippen molar-refractivity contribution in [2.45, 2.75) is 19.8 Å². The van der Waals surface area contributed by atoms with Gasteiger partial charge < -0.3 is 5.41 Å². The maximum Gasteiger partial charge on any atom is 0.0539 e. The van der Waals surface area contributed by atoms with Crippen molar-refractivity contribution in [1.29, 1.82) is 5.41 Å². The van der Waals surface area contributed by atoms with Crippen molar-refractivity contribution in [2.75, 3.05) is 0 Å². The van der Waals surface area contributed by atoms with Gasteiger partial charge in [-0.25, -0.2) is 0 Å². The maximum absolute atomic E-state index is 7.45. The van der Waals surface area contributed by atoms with E-state index in [9.17, 15) is 0 Å². The van der Waals surface area contributed by atoms with Crippen molar-refractivity contribution in [3.05, 3.63) is 48.1 Å². The van der Waals surface area contributed by atoms with Gasteiger partial charge in [0.2, 0.25) is 0 Å². The second-order valence-corrected chi connectivity index (χ2v) is 3.02. The Balaban J connectivity index is 2.79.